The first-order valence-electron chi connectivity index (χ1n) is 5.79. The lowest BCUT2D eigenvalue weighted by Crippen LogP contribution is -2.16. The quantitative estimate of drug-likeness (QED) is 0.737. The molecule has 88 valence electrons. The third kappa shape index (κ3) is 3.34. The molecule has 0 radical (unpaired) electrons. The summed E-state index contributed by atoms with van der Waals surface area (Å²) in [5.74, 6) is 1.18. The van der Waals surface area contributed by atoms with Gasteiger partial charge in [-0.25, -0.2) is 0 Å². The Morgan fingerprint density at radius 3 is 2.81 bits per heavy atom. The molecule has 1 aliphatic rings. The van der Waals surface area contributed by atoms with Gasteiger partial charge in [0.2, 0.25) is 0 Å². The molecule has 0 bridgehead atoms. The predicted molar refractivity (Wildman–Crippen MR) is 63.1 cm³/mol. The molecule has 5 heteroatoms. The predicted octanol–water partition coefficient (Wildman–Crippen LogP) is 1.43. The van der Waals surface area contributed by atoms with Gasteiger partial charge in [0.1, 0.15) is 11.6 Å². The monoisotopic (exact) mass is 222 g/mol. The molecule has 3 N–H and O–H groups in total. The number of nitrogens with zero attached hydrogens (tertiary/aromatic N) is 2. The van der Waals surface area contributed by atoms with Gasteiger partial charge in [-0.2, -0.15) is 0 Å². The highest BCUT2D eigenvalue weighted by Crippen LogP contribution is 2.20. The number of nitrogen functional groups attached to an aromatic ring is 1. The minimum absolute atomic E-state index is 0.438. The van der Waals surface area contributed by atoms with Gasteiger partial charge in [-0.3, -0.25) is 0 Å². The average molecular weight is 222 g/mol. The molecule has 1 fully saturated rings. The summed E-state index contributed by atoms with van der Waals surface area (Å²) >= 11 is 0. The van der Waals surface area contributed by atoms with E-state index < -0.39 is 0 Å². The zero-order chi connectivity index (χ0) is 11.2. The van der Waals surface area contributed by atoms with Crippen LogP contribution in [0.3, 0.4) is 0 Å². The van der Waals surface area contributed by atoms with Crippen LogP contribution in [0.1, 0.15) is 25.7 Å². The van der Waals surface area contributed by atoms with Crippen LogP contribution >= 0.6 is 0 Å². The van der Waals surface area contributed by atoms with Crippen molar-refractivity contribution in [3.05, 3.63) is 12.1 Å². The van der Waals surface area contributed by atoms with Crippen molar-refractivity contribution in [2.45, 2.75) is 31.8 Å². The van der Waals surface area contributed by atoms with Crippen LogP contribution in [0.4, 0.5) is 11.6 Å². The second-order valence-electron chi connectivity index (χ2n) is 4.05. The van der Waals surface area contributed by atoms with Crippen molar-refractivity contribution < 1.29 is 4.74 Å². The molecule has 0 unspecified atom stereocenters. The summed E-state index contributed by atoms with van der Waals surface area (Å²) in [6.45, 7) is 1.48. The van der Waals surface area contributed by atoms with Gasteiger partial charge in [0, 0.05) is 6.54 Å². The van der Waals surface area contributed by atoms with Crippen LogP contribution in [0.25, 0.3) is 0 Å². The van der Waals surface area contributed by atoms with Crippen LogP contribution < -0.4 is 11.1 Å². The third-order valence-electron chi connectivity index (χ3n) is 2.75. The molecule has 0 spiro atoms. The first-order valence-corrected chi connectivity index (χ1v) is 5.79. The largest absolute Gasteiger partial charge is 0.382 e. The summed E-state index contributed by atoms with van der Waals surface area (Å²) in [7, 11) is 0. The lowest BCUT2D eigenvalue weighted by molar-refractivity contribution is 0.0658. The van der Waals surface area contributed by atoms with E-state index in [1.807, 2.05) is 6.07 Å². The Hall–Kier alpha value is -1.36. The van der Waals surface area contributed by atoms with Gasteiger partial charge in [0.05, 0.1) is 12.7 Å². The van der Waals surface area contributed by atoms with Gasteiger partial charge in [-0.15, -0.1) is 10.2 Å². The number of aromatic nitrogens is 2. The van der Waals surface area contributed by atoms with E-state index in [9.17, 15) is 0 Å². The second-order valence-corrected chi connectivity index (χ2v) is 4.05. The molecular weight excluding hydrogens is 204 g/mol. The molecule has 0 aliphatic heterocycles. The average Bonchev–Trinajstić information content (AvgIpc) is 2.80. The number of hydrogen-bond acceptors (Lipinski definition) is 5. The summed E-state index contributed by atoms with van der Waals surface area (Å²) in [6.07, 6.45) is 5.51. The summed E-state index contributed by atoms with van der Waals surface area (Å²) in [5, 5.41) is 10.8. The molecule has 2 rings (SSSR count). The van der Waals surface area contributed by atoms with E-state index >= 15 is 0 Å². The van der Waals surface area contributed by atoms with Crippen LogP contribution in [0, 0.1) is 0 Å². The molecule has 0 aromatic carbocycles. The van der Waals surface area contributed by atoms with Crippen molar-refractivity contribution in [3.63, 3.8) is 0 Å². The second kappa shape index (κ2) is 5.65. The first kappa shape index (κ1) is 11.1. The highest BCUT2D eigenvalue weighted by atomic mass is 16.5. The lowest BCUT2D eigenvalue weighted by atomic mass is 10.3. The molecule has 0 saturated heterocycles. The van der Waals surface area contributed by atoms with Gasteiger partial charge in [-0.05, 0) is 25.0 Å². The standard InChI is InChI=1S/C11H18N4O/c12-10-5-6-11(15-14-10)13-7-8-16-9-3-1-2-4-9/h5-6,9H,1-4,7-8H2,(H2,12,14)(H,13,15). The minimum atomic E-state index is 0.438. The van der Waals surface area contributed by atoms with Gasteiger partial charge in [-0.1, -0.05) is 12.8 Å². The normalized spacial score (nSPS) is 16.5. The number of rotatable bonds is 5. The van der Waals surface area contributed by atoms with Gasteiger partial charge >= 0.3 is 0 Å². The smallest absolute Gasteiger partial charge is 0.148 e. The fourth-order valence-electron chi connectivity index (χ4n) is 1.90. The van der Waals surface area contributed by atoms with Crippen molar-refractivity contribution in [2.24, 2.45) is 0 Å². The van der Waals surface area contributed by atoms with Crippen LogP contribution in [0.5, 0.6) is 0 Å². The van der Waals surface area contributed by atoms with Crippen LogP contribution in [-0.4, -0.2) is 29.5 Å². The van der Waals surface area contributed by atoms with Crippen molar-refractivity contribution in [1.29, 1.82) is 0 Å². The number of nitrogens with two attached hydrogens (primary N) is 1. The summed E-state index contributed by atoms with van der Waals surface area (Å²) in [6, 6.07) is 3.55. The van der Waals surface area contributed by atoms with E-state index in [1.165, 1.54) is 25.7 Å². The topological polar surface area (TPSA) is 73.1 Å². The van der Waals surface area contributed by atoms with Crippen LogP contribution in [0.15, 0.2) is 12.1 Å². The van der Waals surface area contributed by atoms with Gasteiger partial charge < -0.3 is 15.8 Å². The molecule has 1 aromatic rings. The van der Waals surface area contributed by atoms with E-state index in [0.29, 0.717) is 11.9 Å². The Bertz CT molecular complexity index is 308. The minimum Gasteiger partial charge on any atom is -0.382 e. The maximum absolute atomic E-state index is 5.71. The van der Waals surface area contributed by atoms with E-state index in [4.69, 9.17) is 10.5 Å². The zero-order valence-corrected chi connectivity index (χ0v) is 9.35. The number of ether oxygens (including phenoxy) is 1. The first-order chi connectivity index (χ1) is 7.84. The van der Waals surface area contributed by atoms with Gasteiger partial charge in [0.25, 0.3) is 0 Å². The molecular formula is C11H18N4O. The third-order valence-corrected chi connectivity index (χ3v) is 2.75. The molecule has 0 atom stereocenters. The highest BCUT2D eigenvalue weighted by Gasteiger charge is 2.14. The molecule has 16 heavy (non-hydrogen) atoms. The number of anilines is 2. The molecule has 0 amide bonds. The van der Waals surface area contributed by atoms with Crippen molar-refractivity contribution in [1.82, 2.24) is 10.2 Å². The fourth-order valence-corrected chi connectivity index (χ4v) is 1.90. The molecule has 1 saturated carbocycles. The summed E-state index contributed by atoms with van der Waals surface area (Å²) < 4.78 is 5.71. The van der Waals surface area contributed by atoms with Crippen LogP contribution in [0.2, 0.25) is 0 Å². The van der Waals surface area contributed by atoms with Crippen LogP contribution in [-0.2, 0) is 4.74 Å². The molecule has 5 nitrogen and oxygen atoms in total. The fraction of sp³-hybridized carbons (Fsp3) is 0.636. The summed E-state index contributed by atoms with van der Waals surface area (Å²) in [4.78, 5) is 0. The Kier molecular flexibility index (Phi) is 3.93. The van der Waals surface area contributed by atoms with E-state index in [2.05, 4.69) is 15.5 Å². The van der Waals surface area contributed by atoms with Crippen molar-refractivity contribution in [2.75, 3.05) is 24.2 Å². The Balaban J connectivity index is 1.62. The molecule has 1 aliphatic carbocycles. The molecule has 1 heterocycles. The Morgan fingerprint density at radius 2 is 2.12 bits per heavy atom. The van der Waals surface area contributed by atoms with E-state index in [1.54, 1.807) is 6.07 Å². The Morgan fingerprint density at radius 1 is 1.31 bits per heavy atom. The molecule has 1 aromatic heterocycles. The lowest BCUT2D eigenvalue weighted by Gasteiger charge is -2.11. The highest BCUT2D eigenvalue weighted by molar-refractivity contribution is 5.38. The number of nitrogens with one attached hydrogen (secondary N) is 1. The summed E-state index contributed by atoms with van der Waals surface area (Å²) in [5.41, 5.74) is 5.44. The number of hydrogen-bond donors (Lipinski definition) is 2. The van der Waals surface area contributed by atoms with Crippen molar-refractivity contribution in [3.8, 4) is 0 Å². The zero-order valence-electron chi connectivity index (χ0n) is 9.35. The van der Waals surface area contributed by atoms with E-state index in [0.717, 1.165) is 19.0 Å². The maximum atomic E-state index is 5.71. The maximum Gasteiger partial charge on any atom is 0.148 e. The Labute approximate surface area is 95.4 Å². The van der Waals surface area contributed by atoms with Crippen molar-refractivity contribution >= 4 is 11.6 Å². The van der Waals surface area contributed by atoms with Gasteiger partial charge in [0.15, 0.2) is 0 Å². The van der Waals surface area contributed by atoms with E-state index in [-0.39, 0.29) is 0 Å². The SMILES string of the molecule is Nc1ccc(NCCOC2CCCC2)nn1.